The summed E-state index contributed by atoms with van der Waals surface area (Å²) in [7, 11) is 0. The minimum atomic E-state index is -0.0922. The third-order valence-corrected chi connectivity index (χ3v) is 5.75. The number of carbonyl (C=O) groups excluding carboxylic acids is 2. The molecule has 0 aromatic heterocycles. The van der Waals surface area contributed by atoms with Gasteiger partial charge in [0.1, 0.15) is 0 Å². The van der Waals surface area contributed by atoms with Crippen molar-refractivity contribution in [1.82, 2.24) is 15.1 Å². The molecule has 1 N–H and O–H groups in total. The van der Waals surface area contributed by atoms with Crippen molar-refractivity contribution in [2.24, 2.45) is 0 Å². The summed E-state index contributed by atoms with van der Waals surface area (Å²) in [6, 6.07) is 5.57. The van der Waals surface area contributed by atoms with Crippen molar-refractivity contribution in [2.75, 3.05) is 57.3 Å². The van der Waals surface area contributed by atoms with Gasteiger partial charge >= 0.3 is 6.03 Å². The maximum absolute atomic E-state index is 13.0. The number of nitrogens with one attached hydrogen (secondary N) is 1. The Bertz CT molecular complexity index is 709. The molecule has 1 aromatic rings. The van der Waals surface area contributed by atoms with Crippen LogP contribution in [0.4, 0.5) is 10.5 Å². The summed E-state index contributed by atoms with van der Waals surface area (Å²) < 4.78 is 5.72. The molecule has 1 atom stereocenters. The highest BCUT2D eigenvalue weighted by atomic mass is 16.5. The highest BCUT2D eigenvalue weighted by Gasteiger charge is 2.27. The van der Waals surface area contributed by atoms with E-state index in [1.165, 1.54) is 0 Å². The number of carbonyl (C=O) groups is 2. The Morgan fingerprint density at radius 1 is 1.22 bits per heavy atom. The van der Waals surface area contributed by atoms with Crippen molar-refractivity contribution in [2.45, 2.75) is 25.9 Å². The Hall–Kier alpha value is -2.12. The number of nitrogens with zero attached hydrogens (tertiary/aromatic N) is 3. The maximum atomic E-state index is 13.0. The fourth-order valence-corrected chi connectivity index (χ4v) is 4.13. The number of amides is 3. The van der Waals surface area contributed by atoms with Gasteiger partial charge in [-0.15, -0.1) is 0 Å². The fraction of sp³-hybridized carbons (Fsp3) is 0.600. The lowest BCUT2D eigenvalue weighted by Gasteiger charge is -2.35. The largest absolute Gasteiger partial charge is 0.377 e. The summed E-state index contributed by atoms with van der Waals surface area (Å²) in [6.45, 7) is 8.35. The second-order valence-corrected chi connectivity index (χ2v) is 7.61. The van der Waals surface area contributed by atoms with Crippen LogP contribution < -0.4 is 10.2 Å². The number of rotatable bonds is 4. The highest BCUT2D eigenvalue weighted by Crippen LogP contribution is 2.24. The molecule has 0 spiro atoms. The van der Waals surface area contributed by atoms with Crippen molar-refractivity contribution < 1.29 is 14.3 Å². The first-order valence-corrected chi connectivity index (χ1v) is 9.91. The van der Waals surface area contributed by atoms with Crippen LogP contribution in [0.5, 0.6) is 0 Å². The third-order valence-electron chi connectivity index (χ3n) is 5.75. The van der Waals surface area contributed by atoms with Crippen LogP contribution in [-0.4, -0.2) is 80.3 Å². The molecule has 0 bridgehead atoms. The number of hydrogen-bond donors (Lipinski definition) is 1. The van der Waals surface area contributed by atoms with Crippen LogP contribution in [0.3, 0.4) is 0 Å². The van der Waals surface area contributed by atoms with Crippen LogP contribution in [0.25, 0.3) is 0 Å². The van der Waals surface area contributed by atoms with Gasteiger partial charge in [-0.05, 0) is 37.5 Å². The summed E-state index contributed by atoms with van der Waals surface area (Å²) >= 11 is 0. The van der Waals surface area contributed by atoms with E-state index in [4.69, 9.17) is 4.74 Å². The molecule has 7 heteroatoms. The molecule has 146 valence electrons. The van der Waals surface area contributed by atoms with E-state index in [0.29, 0.717) is 24.8 Å². The number of aryl methyl sites for hydroxylation is 1. The molecule has 4 rings (SSSR count). The zero-order chi connectivity index (χ0) is 18.8. The SMILES string of the molecule is Cc1ccc(C(=O)N2CCN(C[C@@H]3CCCO3)CC2)cc1N1CCNC1=O. The topological polar surface area (TPSA) is 65.1 Å². The van der Waals surface area contributed by atoms with E-state index < -0.39 is 0 Å². The quantitative estimate of drug-likeness (QED) is 0.869. The van der Waals surface area contributed by atoms with Gasteiger partial charge in [0.15, 0.2) is 0 Å². The normalized spacial score (nSPS) is 23.7. The summed E-state index contributed by atoms with van der Waals surface area (Å²) in [5.74, 6) is 0.0487. The van der Waals surface area contributed by atoms with Crippen LogP contribution >= 0.6 is 0 Å². The monoisotopic (exact) mass is 372 g/mol. The predicted molar refractivity (Wildman–Crippen MR) is 103 cm³/mol. The zero-order valence-electron chi connectivity index (χ0n) is 15.9. The molecular weight excluding hydrogens is 344 g/mol. The van der Waals surface area contributed by atoms with Gasteiger partial charge in [0, 0.05) is 63.7 Å². The second kappa shape index (κ2) is 7.86. The molecule has 3 heterocycles. The third kappa shape index (κ3) is 3.94. The number of ether oxygens (including phenoxy) is 1. The Kier molecular flexibility index (Phi) is 5.31. The average molecular weight is 372 g/mol. The highest BCUT2D eigenvalue weighted by molar-refractivity contribution is 5.99. The molecule has 3 aliphatic heterocycles. The van der Waals surface area contributed by atoms with E-state index in [9.17, 15) is 9.59 Å². The van der Waals surface area contributed by atoms with E-state index in [1.807, 2.05) is 30.0 Å². The molecule has 0 aliphatic carbocycles. The van der Waals surface area contributed by atoms with Crippen molar-refractivity contribution in [1.29, 1.82) is 0 Å². The number of piperazine rings is 1. The minimum Gasteiger partial charge on any atom is -0.377 e. The Balaban J connectivity index is 1.39. The summed E-state index contributed by atoms with van der Waals surface area (Å²) in [5, 5.41) is 2.82. The molecule has 3 aliphatic rings. The molecule has 0 unspecified atom stereocenters. The van der Waals surface area contributed by atoms with E-state index in [-0.39, 0.29) is 11.9 Å². The molecule has 7 nitrogen and oxygen atoms in total. The van der Waals surface area contributed by atoms with E-state index in [0.717, 1.165) is 63.4 Å². The fourth-order valence-electron chi connectivity index (χ4n) is 4.13. The molecule has 3 saturated heterocycles. The number of hydrogen-bond acceptors (Lipinski definition) is 4. The van der Waals surface area contributed by atoms with Gasteiger partial charge in [-0.3, -0.25) is 14.6 Å². The van der Waals surface area contributed by atoms with Crippen molar-refractivity contribution in [3.05, 3.63) is 29.3 Å². The number of urea groups is 1. The van der Waals surface area contributed by atoms with Gasteiger partial charge in [-0.2, -0.15) is 0 Å². The zero-order valence-corrected chi connectivity index (χ0v) is 15.9. The van der Waals surface area contributed by atoms with Crippen molar-refractivity contribution in [3.8, 4) is 0 Å². The minimum absolute atomic E-state index is 0.0487. The molecule has 1 aromatic carbocycles. The van der Waals surface area contributed by atoms with Crippen LogP contribution in [0, 0.1) is 6.92 Å². The predicted octanol–water partition coefficient (Wildman–Crippen LogP) is 1.46. The van der Waals surface area contributed by atoms with E-state index in [2.05, 4.69) is 10.2 Å². The molecule has 3 fully saturated rings. The van der Waals surface area contributed by atoms with Gasteiger partial charge in [0.05, 0.1) is 6.10 Å². The number of benzene rings is 1. The molecule has 0 radical (unpaired) electrons. The summed E-state index contributed by atoms with van der Waals surface area (Å²) in [5.41, 5.74) is 2.49. The molecular formula is C20H28N4O3. The first kappa shape index (κ1) is 18.3. The second-order valence-electron chi connectivity index (χ2n) is 7.61. The van der Waals surface area contributed by atoms with Gasteiger partial charge in [0.2, 0.25) is 0 Å². The van der Waals surface area contributed by atoms with Gasteiger partial charge in [-0.1, -0.05) is 6.07 Å². The van der Waals surface area contributed by atoms with Gasteiger partial charge in [-0.25, -0.2) is 4.79 Å². The van der Waals surface area contributed by atoms with Gasteiger partial charge in [0.25, 0.3) is 5.91 Å². The van der Waals surface area contributed by atoms with Crippen LogP contribution in [0.1, 0.15) is 28.8 Å². The number of anilines is 1. The van der Waals surface area contributed by atoms with Gasteiger partial charge < -0.3 is 15.0 Å². The van der Waals surface area contributed by atoms with E-state index in [1.54, 1.807) is 4.90 Å². The van der Waals surface area contributed by atoms with Crippen LogP contribution in [0.2, 0.25) is 0 Å². The van der Waals surface area contributed by atoms with Crippen molar-refractivity contribution >= 4 is 17.6 Å². The molecule has 27 heavy (non-hydrogen) atoms. The average Bonchev–Trinajstić information content (AvgIpc) is 3.34. The first-order valence-electron chi connectivity index (χ1n) is 9.91. The molecule has 0 saturated carbocycles. The Morgan fingerprint density at radius 2 is 2.04 bits per heavy atom. The summed E-state index contributed by atoms with van der Waals surface area (Å²) in [6.07, 6.45) is 2.67. The van der Waals surface area contributed by atoms with Crippen LogP contribution in [0.15, 0.2) is 18.2 Å². The molecule has 3 amide bonds. The lowest BCUT2D eigenvalue weighted by atomic mass is 10.1. The first-order chi connectivity index (χ1) is 13.1. The van der Waals surface area contributed by atoms with E-state index >= 15 is 0 Å². The lowest BCUT2D eigenvalue weighted by Crippen LogP contribution is -2.50. The Labute approximate surface area is 160 Å². The van der Waals surface area contributed by atoms with Crippen LogP contribution in [-0.2, 0) is 4.74 Å². The lowest BCUT2D eigenvalue weighted by molar-refractivity contribution is 0.0432. The smallest absolute Gasteiger partial charge is 0.322 e. The standard InChI is InChI=1S/C20H28N4O3/c1-15-4-5-16(13-18(15)24-7-6-21-20(24)26)19(25)23-10-8-22(9-11-23)14-17-3-2-12-27-17/h4-5,13,17H,2-3,6-12,14H2,1H3,(H,21,26)/t17-/m0/s1. The maximum Gasteiger partial charge on any atom is 0.322 e. The van der Waals surface area contributed by atoms with Crippen molar-refractivity contribution in [3.63, 3.8) is 0 Å². The Morgan fingerprint density at radius 3 is 2.70 bits per heavy atom. The summed E-state index contributed by atoms with van der Waals surface area (Å²) in [4.78, 5) is 31.0.